The number of ketones is 1. The zero-order chi connectivity index (χ0) is 26.0. The van der Waals surface area contributed by atoms with Gasteiger partial charge in [-0.15, -0.1) is 0 Å². The molecule has 2 aromatic heterocycles. The first-order valence-electron chi connectivity index (χ1n) is 13.2. The highest BCUT2D eigenvalue weighted by Crippen LogP contribution is 2.33. The van der Waals surface area contributed by atoms with E-state index in [0.29, 0.717) is 18.5 Å². The van der Waals surface area contributed by atoms with Crippen molar-refractivity contribution in [3.05, 3.63) is 64.1 Å². The van der Waals surface area contributed by atoms with Gasteiger partial charge in [0.2, 0.25) is 5.78 Å². The first-order chi connectivity index (χ1) is 17.2. The molecule has 3 aromatic rings. The van der Waals surface area contributed by atoms with Gasteiger partial charge in [-0.05, 0) is 115 Å². The number of anilines is 1. The zero-order valence-corrected chi connectivity index (χ0v) is 23.0. The zero-order valence-electron chi connectivity index (χ0n) is 23.0. The van der Waals surface area contributed by atoms with Crippen LogP contribution in [0.2, 0.25) is 0 Å². The highest BCUT2D eigenvalue weighted by atomic mass is 16.1. The first kappa shape index (κ1) is 26.0. The summed E-state index contributed by atoms with van der Waals surface area (Å²) >= 11 is 0. The standard InChI is InChI=1S/C31H40N4O/c1-8-34(26-14-12-25(13-15-26)33(6)7)29-19-21(2)18-28(24(29)5)30(36)11-9-10-27-22(3)20-23(4)35-17-16-32-31(27)35/h16-20,25-26H,8,10,12-15H2,1-7H3. The van der Waals surface area contributed by atoms with E-state index in [1.165, 1.54) is 31.4 Å². The Morgan fingerprint density at radius 3 is 2.42 bits per heavy atom. The minimum Gasteiger partial charge on any atom is -0.369 e. The summed E-state index contributed by atoms with van der Waals surface area (Å²) in [6, 6.07) is 7.58. The molecule has 0 aliphatic heterocycles. The van der Waals surface area contributed by atoms with Crippen LogP contribution in [0.25, 0.3) is 5.65 Å². The monoisotopic (exact) mass is 484 g/mol. The first-order valence-corrected chi connectivity index (χ1v) is 13.2. The number of nitrogens with zero attached hydrogens (tertiary/aromatic N) is 4. The summed E-state index contributed by atoms with van der Waals surface area (Å²) in [5.41, 5.74) is 8.36. The average molecular weight is 485 g/mol. The lowest BCUT2D eigenvalue weighted by atomic mass is 9.88. The van der Waals surface area contributed by atoms with Crippen LogP contribution in [0.1, 0.15) is 70.9 Å². The van der Waals surface area contributed by atoms with E-state index in [-0.39, 0.29) is 5.78 Å². The Morgan fingerprint density at radius 1 is 1.06 bits per heavy atom. The van der Waals surface area contributed by atoms with E-state index in [9.17, 15) is 4.79 Å². The molecule has 2 heterocycles. The second-order valence-electron chi connectivity index (χ2n) is 10.5. The van der Waals surface area contributed by atoms with Crippen molar-refractivity contribution in [1.29, 1.82) is 0 Å². The fourth-order valence-electron chi connectivity index (χ4n) is 5.84. The van der Waals surface area contributed by atoms with Gasteiger partial charge in [0.05, 0.1) is 0 Å². The Bertz CT molecular complexity index is 1320. The topological polar surface area (TPSA) is 40.9 Å². The van der Waals surface area contributed by atoms with Crippen molar-refractivity contribution in [3.8, 4) is 11.8 Å². The fraction of sp³-hybridized carbons (Fsp3) is 0.484. The third-order valence-electron chi connectivity index (χ3n) is 7.92. The second-order valence-corrected chi connectivity index (χ2v) is 10.5. The van der Waals surface area contributed by atoms with Crippen molar-refractivity contribution in [2.24, 2.45) is 0 Å². The Hall–Kier alpha value is -3.10. The average Bonchev–Trinajstić information content (AvgIpc) is 3.34. The molecule has 0 unspecified atom stereocenters. The molecule has 0 atom stereocenters. The maximum atomic E-state index is 13.3. The second kappa shape index (κ2) is 10.9. The van der Waals surface area contributed by atoms with E-state index in [1.807, 2.05) is 18.5 Å². The van der Waals surface area contributed by atoms with Crippen molar-refractivity contribution in [2.45, 2.75) is 78.8 Å². The van der Waals surface area contributed by atoms with Gasteiger partial charge >= 0.3 is 0 Å². The summed E-state index contributed by atoms with van der Waals surface area (Å²) in [6.07, 6.45) is 9.10. The van der Waals surface area contributed by atoms with Crippen LogP contribution in [-0.4, -0.2) is 52.8 Å². The molecule has 0 N–H and O–H groups in total. The summed E-state index contributed by atoms with van der Waals surface area (Å²) in [7, 11) is 4.37. The maximum Gasteiger partial charge on any atom is 0.236 e. The van der Waals surface area contributed by atoms with E-state index >= 15 is 0 Å². The molecule has 0 saturated heterocycles. The van der Waals surface area contributed by atoms with Crippen LogP contribution < -0.4 is 4.90 Å². The summed E-state index contributed by atoms with van der Waals surface area (Å²) < 4.78 is 2.08. The Balaban J connectivity index is 1.57. The molecule has 0 spiro atoms. The van der Waals surface area contributed by atoms with Gasteiger partial charge in [-0.2, -0.15) is 0 Å². The molecule has 5 heteroatoms. The minimum atomic E-state index is -0.103. The van der Waals surface area contributed by atoms with Crippen molar-refractivity contribution in [3.63, 3.8) is 0 Å². The maximum absolute atomic E-state index is 13.3. The number of benzene rings is 1. The van der Waals surface area contributed by atoms with Crippen molar-refractivity contribution in [2.75, 3.05) is 25.5 Å². The summed E-state index contributed by atoms with van der Waals surface area (Å²) in [5.74, 6) is 6.00. The number of rotatable bonds is 6. The fourth-order valence-corrected chi connectivity index (χ4v) is 5.84. The van der Waals surface area contributed by atoms with Gasteiger partial charge < -0.3 is 14.2 Å². The van der Waals surface area contributed by atoms with Crippen LogP contribution in [0, 0.1) is 39.5 Å². The molecule has 1 aliphatic carbocycles. The molecule has 0 amide bonds. The number of hydrogen-bond donors (Lipinski definition) is 0. The van der Waals surface area contributed by atoms with Gasteiger partial charge in [0.1, 0.15) is 5.65 Å². The van der Waals surface area contributed by atoms with Crippen molar-refractivity contribution in [1.82, 2.24) is 14.3 Å². The number of pyridine rings is 1. The minimum absolute atomic E-state index is 0.103. The third-order valence-corrected chi connectivity index (χ3v) is 7.92. The number of aryl methyl sites for hydroxylation is 3. The summed E-state index contributed by atoms with van der Waals surface area (Å²) in [5, 5.41) is 0. The van der Waals surface area contributed by atoms with E-state index in [2.05, 4.69) is 91.9 Å². The lowest BCUT2D eigenvalue weighted by Crippen LogP contribution is -2.42. The lowest BCUT2D eigenvalue weighted by molar-refractivity contribution is 0.105. The van der Waals surface area contributed by atoms with Crippen LogP contribution in [0.5, 0.6) is 0 Å². The molecule has 1 aromatic carbocycles. The van der Waals surface area contributed by atoms with E-state index in [1.54, 1.807) is 0 Å². The predicted molar refractivity (Wildman–Crippen MR) is 149 cm³/mol. The summed E-state index contributed by atoms with van der Waals surface area (Å²) in [6.45, 7) is 11.5. The van der Waals surface area contributed by atoms with Crippen LogP contribution in [0.15, 0.2) is 30.6 Å². The smallest absolute Gasteiger partial charge is 0.236 e. The Morgan fingerprint density at radius 2 is 1.75 bits per heavy atom. The highest BCUT2D eigenvalue weighted by Gasteiger charge is 2.28. The number of carbonyl (C=O) groups is 1. The van der Waals surface area contributed by atoms with Gasteiger partial charge in [0.25, 0.3) is 0 Å². The molecule has 4 rings (SSSR count). The lowest BCUT2D eigenvalue weighted by Gasteiger charge is -2.40. The molecule has 36 heavy (non-hydrogen) atoms. The molecule has 190 valence electrons. The van der Waals surface area contributed by atoms with Crippen molar-refractivity contribution >= 4 is 17.1 Å². The number of carbonyl (C=O) groups excluding carboxylic acids is 1. The largest absolute Gasteiger partial charge is 0.369 e. The molecular weight excluding hydrogens is 444 g/mol. The number of imidazole rings is 1. The van der Waals surface area contributed by atoms with Crippen molar-refractivity contribution < 1.29 is 4.79 Å². The third kappa shape index (κ3) is 5.20. The number of Topliss-reactive ketones (excluding diaryl/α,β-unsaturated/α-hetero) is 1. The van der Waals surface area contributed by atoms with E-state index in [0.717, 1.165) is 45.7 Å². The van der Waals surface area contributed by atoms with Gasteiger partial charge in [-0.25, -0.2) is 4.98 Å². The molecule has 1 fully saturated rings. The van der Waals surface area contributed by atoms with Gasteiger partial charge in [-0.1, -0.05) is 5.92 Å². The van der Waals surface area contributed by atoms with Crippen LogP contribution >= 0.6 is 0 Å². The Kier molecular flexibility index (Phi) is 7.85. The number of aromatic nitrogens is 2. The molecule has 1 saturated carbocycles. The van der Waals surface area contributed by atoms with Gasteiger partial charge in [0, 0.05) is 60.0 Å². The number of hydrogen-bond acceptors (Lipinski definition) is 4. The summed E-state index contributed by atoms with van der Waals surface area (Å²) in [4.78, 5) is 22.7. The Labute approximate surface area is 216 Å². The SMILES string of the molecule is CCN(c1cc(C)cc(C(=O)C#CCc2c(C)cc(C)n3ccnc23)c1C)C1CCC(N(C)C)CC1. The molecule has 0 radical (unpaired) electrons. The quantitative estimate of drug-likeness (QED) is 0.256. The van der Waals surface area contributed by atoms with Gasteiger partial charge in [0.15, 0.2) is 0 Å². The normalized spacial score (nSPS) is 17.8. The van der Waals surface area contributed by atoms with Crippen LogP contribution in [-0.2, 0) is 6.42 Å². The molecule has 1 aliphatic rings. The predicted octanol–water partition coefficient (Wildman–Crippen LogP) is 5.70. The van der Waals surface area contributed by atoms with Gasteiger partial charge in [-0.3, -0.25) is 4.79 Å². The number of fused-ring (bicyclic) bond motifs is 1. The molecule has 0 bridgehead atoms. The van der Waals surface area contributed by atoms with E-state index in [4.69, 9.17) is 0 Å². The van der Waals surface area contributed by atoms with Crippen LogP contribution in [0.3, 0.4) is 0 Å². The van der Waals surface area contributed by atoms with E-state index < -0.39 is 0 Å². The highest BCUT2D eigenvalue weighted by molar-refractivity contribution is 6.10. The molecular formula is C31H40N4O. The molecule has 5 nitrogen and oxygen atoms in total. The van der Waals surface area contributed by atoms with Crippen LogP contribution in [0.4, 0.5) is 5.69 Å².